The lowest BCUT2D eigenvalue weighted by Crippen LogP contribution is -2.20. The Labute approximate surface area is 136 Å². The van der Waals surface area contributed by atoms with E-state index in [1.165, 1.54) is 36.4 Å². The second kappa shape index (κ2) is 5.46. The minimum absolute atomic E-state index is 0.0469. The van der Waals surface area contributed by atoms with Crippen molar-refractivity contribution in [3.63, 3.8) is 0 Å². The summed E-state index contributed by atoms with van der Waals surface area (Å²) in [6.07, 6.45) is 0. The lowest BCUT2D eigenvalue weighted by molar-refractivity contribution is 0.0697. The molecule has 0 aliphatic carbocycles. The predicted octanol–water partition coefficient (Wildman–Crippen LogP) is 1.07. The number of carboxylic acids is 1. The number of aromatic carboxylic acids is 1. The molecule has 0 radical (unpaired) electrons. The van der Waals surface area contributed by atoms with Gasteiger partial charge in [0.25, 0.3) is 21.8 Å². The average molecular weight is 346 g/mol. The van der Waals surface area contributed by atoms with Crippen molar-refractivity contribution < 1.29 is 27.9 Å². The fraction of sp³-hybridized carbons (Fsp3) is 0. The van der Waals surface area contributed by atoms with E-state index in [-0.39, 0.29) is 27.3 Å². The molecule has 0 unspecified atom stereocenters. The summed E-state index contributed by atoms with van der Waals surface area (Å²) >= 11 is 0. The molecule has 1 aliphatic rings. The highest BCUT2D eigenvalue weighted by Gasteiger charge is 2.29. The summed E-state index contributed by atoms with van der Waals surface area (Å²) in [6, 6.07) is 8.99. The van der Waals surface area contributed by atoms with E-state index < -0.39 is 27.8 Å². The molecule has 8 nitrogen and oxygen atoms in total. The monoisotopic (exact) mass is 346 g/mol. The largest absolute Gasteiger partial charge is 0.478 e. The molecule has 0 aromatic heterocycles. The summed E-state index contributed by atoms with van der Waals surface area (Å²) in [7, 11) is -4.14. The molecule has 0 spiro atoms. The smallest absolute Gasteiger partial charge is 0.337 e. The third-order valence-corrected chi connectivity index (χ3v) is 4.78. The molecule has 24 heavy (non-hydrogen) atoms. The summed E-state index contributed by atoms with van der Waals surface area (Å²) in [5.41, 5.74) is -0.277. The Morgan fingerprint density at radius 3 is 2.38 bits per heavy atom. The highest BCUT2D eigenvalue weighted by molar-refractivity contribution is 7.92. The molecule has 1 heterocycles. The number of hydrogen-bond acceptors (Lipinski definition) is 5. The third kappa shape index (κ3) is 2.61. The van der Waals surface area contributed by atoms with Crippen molar-refractivity contribution in [2.75, 3.05) is 4.72 Å². The Balaban J connectivity index is 2.01. The number of hydrogen-bond donors (Lipinski definition) is 3. The zero-order valence-corrected chi connectivity index (χ0v) is 12.8. The second-order valence-electron chi connectivity index (χ2n) is 4.95. The molecule has 2 aromatic rings. The van der Waals surface area contributed by atoms with Gasteiger partial charge in [-0.05, 0) is 30.3 Å². The Kier molecular flexibility index (Phi) is 3.57. The predicted molar refractivity (Wildman–Crippen MR) is 82.4 cm³/mol. The van der Waals surface area contributed by atoms with Crippen LogP contribution in [-0.4, -0.2) is 31.3 Å². The van der Waals surface area contributed by atoms with E-state index in [4.69, 9.17) is 5.11 Å². The van der Waals surface area contributed by atoms with Gasteiger partial charge in [0.15, 0.2) is 0 Å². The van der Waals surface area contributed by atoms with Crippen LogP contribution in [0.25, 0.3) is 0 Å². The number of imide groups is 1. The van der Waals surface area contributed by atoms with Crippen molar-refractivity contribution in [3.8, 4) is 0 Å². The minimum atomic E-state index is -4.14. The standard InChI is InChI=1S/C15H10N2O6S/c18-13-9-6-5-8(7-11(9)14(19)16-13)24(22,23)17-12-4-2-1-3-10(12)15(20)21/h1-7,17H,(H,20,21)(H,16,18,19). The average Bonchev–Trinajstić information content (AvgIpc) is 2.81. The van der Waals surface area contributed by atoms with Crippen LogP contribution in [0, 0.1) is 0 Å². The molecule has 1 aliphatic heterocycles. The molecule has 0 saturated carbocycles. The number of carbonyl (C=O) groups is 3. The van der Waals surface area contributed by atoms with Crippen LogP contribution in [0.15, 0.2) is 47.4 Å². The van der Waals surface area contributed by atoms with E-state index in [0.717, 1.165) is 6.07 Å². The summed E-state index contributed by atoms with van der Waals surface area (Å²) < 4.78 is 27.1. The Hall–Kier alpha value is -3.20. The van der Waals surface area contributed by atoms with Gasteiger partial charge in [-0.2, -0.15) is 0 Å². The maximum absolute atomic E-state index is 12.4. The van der Waals surface area contributed by atoms with Gasteiger partial charge in [0.2, 0.25) is 0 Å². The van der Waals surface area contributed by atoms with Crippen LogP contribution in [-0.2, 0) is 10.0 Å². The van der Waals surface area contributed by atoms with Gasteiger partial charge in [0.1, 0.15) is 0 Å². The van der Waals surface area contributed by atoms with Crippen LogP contribution in [0.3, 0.4) is 0 Å². The first-order valence-corrected chi connectivity index (χ1v) is 8.13. The molecule has 2 aromatic carbocycles. The highest BCUT2D eigenvalue weighted by atomic mass is 32.2. The summed E-state index contributed by atoms with van der Waals surface area (Å²) in [6.45, 7) is 0. The first kappa shape index (κ1) is 15.7. The molecule has 0 saturated heterocycles. The molecule has 3 N–H and O–H groups in total. The maximum atomic E-state index is 12.4. The molecule has 0 fully saturated rings. The molecule has 9 heteroatoms. The number of carbonyl (C=O) groups excluding carboxylic acids is 2. The lowest BCUT2D eigenvalue weighted by atomic mass is 10.1. The SMILES string of the molecule is O=C(O)c1ccccc1NS(=O)(=O)c1ccc2c(c1)C(=O)NC2=O. The van der Waals surface area contributed by atoms with E-state index in [0.29, 0.717) is 0 Å². The minimum Gasteiger partial charge on any atom is -0.478 e. The number of fused-ring (bicyclic) bond motifs is 1. The zero-order valence-electron chi connectivity index (χ0n) is 11.9. The molecular formula is C15H10N2O6S. The fourth-order valence-electron chi connectivity index (χ4n) is 2.28. The van der Waals surface area contributed by atoms with Crippen LogP contribution in [0.5, 0.6) is 0 Å². The first-order chi connectivity index (χ1) is 11.3. The van der Waals surface area contributed by atoms with Crippen LogP contribution in [0.1, 0.15) is 31.1 Å². The first-order valence-electron chi connectivity index (χ1n) is 6.64. The highest BCUT2D eigenvalue weighted by Crippen LogP contribution is 2.23. The number of para-hydroxylation sites is 1. The van der Waals surface area contributed by atoms with Gasteiger partial charge in [-0.3, -0.25) is 19.6 Å². The van der Waals surface area contributed by atoms with Gasteiger partial charge in [-0.25, -0.2) is 13.2 Å². The quantitative estimate of drug-likeness (QED) is 0.710. The third-order valence-electron chi connectivity index (χ3n) is 3.42. The van der Waals surface area contributed by atoms with Crippen LogP contribution in [0.2, 0.25) is 0 Å². The molecule has 3 rings (SSSR count). The molecule has 2 amide bonds. The van der Waals surface area contributed by atoms with Crippen molar-refractivity contribution in [2.45, 2.75) is 4.90 Å². The van der Waals surface area contributed by atoms with E-state index in [1.807, 2.05) is 0 Å². The molecule has 0 atom stereocenters. The fourth-order valence-corrected chi connectivity index (χ4v) is 3.38. The van der Waals surface area contributed by atoms with Gasteiger partial charge >= 0.3 is 5.97 Å². The Morgan fingerprint density at radius 2 is 1.67 bits per heavy atom. The van der Waals surface area contributed by atoms with Gasteiger partial charge in [0.05, 0.1) is 27.3 Å². The van der Waals surface area contributed by atoms with Gasteiger partial charge < -0.3 is 5.11 Å². The Bertz CT molecular complexity index is 997. The van der Waals surface area contributed by atoms with Crippen molar-refractivity contribution in [1.82, 2.24) is 5.32 Å². The van der Waals surface area contributed by atoms with Crippen molar-refractivity contribution >= 4 is 33.5 Å². The zero-order chi connectivity index (χ0) is 17.5. The summed E-state index contributed by atoms with van der Waals surface area (Å²) in [5, 5.41) is 11.2. The number of amides is 2. The van der Waals surface area contributed by atoms with Crippen LogP contribution >= 0.6 is 0 Å². The van der Waals surface area contributed by atoms with E-state index in [1.54, 1.807) is 0 Å². The number of rotatable bonds is 4. The summed E-state index contributed by atoms with van der Waals surface area (Å²) in [4.78, 5) is 34.0. The van der Waals surface area contributed by atoms with E-state index >= 15 is 0 Å². The maximum Gasteiger partial charge on any atom is 0.337 e. The number of carboxylic acid groups (broad SMARTS) is 1. The molecule has 0 bridgehead atoms. The number of sulfonamides is 1. The molecular weight excluding hydrogens is 336 g/mol. The van der Waals surface area contributed by atoms with Crippen molar-refractivity contribution in [1.29, 1.82) is 0 Å². The van der Waals surface area contributed by atoms with Crippen molar-refractivity contribution in [2.24, 2.45) is 0 Å². The van der Waals surface area contributed by atoms with Gasteiger partial charge in [-0.15, -0.1) is 0 Å². The lowest BCUT2D eigenvalue weighted by Gasteiger charge is -2.11. The number of benzene rings is 2. The molecule has 122 valence electrons. The van der Waals surface area contributed by atoms with E-state index in [2.05, 4.69) is 10.0 Å². The van der Waals surface area contributed by atoms with Crippen molar-refractivity contribution in [3.05, 3.63) is 59.2 Å². The number of nitrogens with one attached hydrogen (secondary N) is 2. The van der Waals surface area contributed by atoms with Gasteiger partial charge in [0, 0.05) is 0 Å². The second-order valence-corrected chi connectivity index (χ2v) is 6.63. The normalized spacial score (nSPS) is 13.3. The topological polar surface area (TPSA) is 130 Å². The van der Waals surface area contributed by atoms with Gasteiger partial charge in [-0.1, -0.05) is 12.1 Å². The number of anilines is 1. The van der Waals surface area contributed by atoms with E-state index in [9.17, 15) is 22.8 Å². The van der Waals surface area contributed by atoms with Crippen LogP contribution in [0.4, 0.5) is 5.69 Å². The Morgan fingerprint density at radius 1 is 1.00 bits per heavy atom. The summed E-state index contributed by atoms with van der Waals surface area (Å²) in [5.74, 6) is -2.56. The van der Waals surface area contributed by atoms with Crippen LogP contribution < -0.4 is 10.0 Å².